The van der Waals surface area contributed by atoms with Crippen molar-refractivity contribution in [1.82, 2.24) is 14.9 Å². The first-order valence-electron chi connectivity index (χ1n) is 8.01. The Balaban J connectivity index is 2.87. The zero-order valence-electron chi connectivity index (χ0n) is 14.6. The van der Waals surface area contributed by atoms with Crippen molar-refractivity contribution < 1.29 is 17.6 Å². The van der Waals surface area contributed by atoms with Crippen LogP contribution < -0.4 is 10.0 Å². The molecule has 1 atom stereocenters. The van der Waals surface area contributed by atoms with E-state index in [1.807, 2.05) is 11.6 Å². The molecule has 0 saturated heterocycles. The van der Waals surface area contributed by atoms with Gasteiger partial charge in [0.15, 0.2) is 0 Å². The number of hydrogen-bond donors (Lipinski definition) is 2. The zero-order chi connectivity index (χ0) is 18.3. The molecule has 1 amide bonds. The second kappa shape index (κ2) is 9.10. The molecule has 0 heterocycles. The molecule has 0 aliphatic carbocycles. The van der Waals surface area contributed by atoms with Crippen molar-refractivity contribution in [3.63, 3.8) is 0 Å². The Morgan fingerprint density at radius 1 is 1.33 bits per heavy atom. The third-order valence-corrected chi connectivity index (χ3v) is 5.08. The van der Waals surface area contributed by atoms with Gasteiger partial charge in [-0.1, -0.05) is 13.8 Å². The Bertz CT molecular complexity index is 665. The first kappa shape index (κ1) is 20.5. The van der Waals surface area contributed by atoms with Crippen LogP contribution in [0, 0.1) is 5.82 Å². The van der Waals surface area contributed by atoms with Crippen molar-refractivity contribution in [2.24, 2.45) is 0 Å². The molecular weight excluding hydrogens is 333 g/mol. The number of carbonyl (C=O) groups is 1. The van der Waals surface area contributed by atoms with E-state index in [9.17, 15) is 17.6 Å². The van der Waals surface area contributed by atoms with Gasteiger partial charge in [-0.25, -0.2) is 17.5 Å². The average Bonchev–Trinajstić information content (AvgIpc) is 2.54. The van der Waals surface area contributed by atoms with Gasteiger partial charge in [-0.3, -0.25) is 4.79 Å². The molecule has 2 N–H and O–H groups in total. The Morgan fingerprint density at radius 2 is 2.00 bits per heavy atom. The fraction of sp³-hybridized carbons (Fsp3) is 0.562. The number of nitrogens with zero attached hydrogens (tertiary/aromatic N) is 1. The lowest BCUT2D eigenvalue weighted by molar-refractivity contribution is 0.0929. The molecule has 0 spiro atoms. The highest BCUT2D eigenvalue weighted by Crippen LogP contribution is 2.16. The summed E-state index contributed by atoms with van der Waals surface area (Å²) in [5, 5.41) is 2.82. The third-order valence-electron chi connectivity index (χ3n) is 3.65. The van der Waals surface area contributed by atoms with Gasteiger partial charge in [-0.2, -0.15) is 0 Å². The van der Waals surface area contributed by atoms with Crippen LogP contribution in [0.25, 0.3) is 0 Å². The van der Waals surface area contributed by atoms with Gasteiger partial charge in [0.05, 0.1) is 0 Å². The summed E-state index contributed by atoms with van der Waals surface area (Å²) >= 11 is 0. The fourth-order valence-electron chi connectivity index (χ4n) is 2.40. The number of carbonyl (C=O) groups excluding carboxylic acids is 1. The van der Waals surface area contributed by atoms with Crippen molar-refractivity contribution in [1.29, 1.82) is 0 Å². The largest absolute Gasteiger partial charge is 0.348 e. The molecule has 0 saturated carbocycles. The highest BCUT2D eigenvalue weighted by molar-refractivity contribution is 7.89. The summed E-state index contributed by atoms with van der Waals surface area (Å²) in [6.45, 7) is 8.55. The number of nitrogens with one attached hydrogen (secondary N) is 2. The summed E-state index contributed by atoms with van der Waals surface area (Å²) in [6, 6.07) is 3.19. The van der Waals surface area contributed by atoms with Crippen molar-refractivity contribution in [3.05, 3.63) is 29.6 Å². The van der Waals surface area contributed by atoms with Crippen LogP contribution in [0.4, 0.5) is 4.39 Å². The van der Waals surface area contributed by atoms with Gasteiger partial charge in [0.1, 0.15) is 10.7 Å². The molecule has 1 aromatic carbocycles. The number of rotatable bonds is 9. The quantitative estimate of drug-likeness (QED) is 0.702. The second-order valence-corrected chi connectivity index (χ2v) is 7.48. The molecule has 136 valence electrons. The van der Waals surface area contributed by atoms with E-state index in [1.165, 1.54) is 13.1 Å². The van der Waals surface area contributed by atoms with Crippen LogP contribution in [0.5, 0.6) is 0 Å². The maximum atomic E-state index is 13.7. The summed E-state index contributed by atoms with van der Waals surface area (Å²) in [5.74, 6) is -1.32. The maximum Gasteiger partial charge on any atom is 0.251 e. The summed E-state index contributed by atoms with van der Waals surface area (Å²) in [6.07, 6.45) is 1.03. The van der Waals surface area contributed by atoms with E-state index >= 15 is 0 Å². The van der Waals surface area contributed by atoms with E-state index in [1.54, 1.807) is 0 Å². The Kier molecular flexibility index (Phi) is 7.78. The predicted octanol–water partition coefficient (Wildman–Crippen LogP) is 1.58. The molecule has 1 aromatic rings. The summed E-state index contributed by atoms with van der Waals surface area (Å²) < 4.78 is 39.3. The summed E-state index contributed by atoms with van der Waals surface area (Å²) in [5.41, 5.74) is 0.107. The van der Waals surface area contributed by atoms with Gasteiger partial charge < -0.3 is 10.2 Å². The van der Waals surface area contributed by atoms with Gasteiger partial charge in [-0.05, 0) is 51.7 Å². The molecule has 0 unspecified atom stereocenters. The molecule has 0 aliphatic rings. The minimum absolute atomic E-state index is 0.107. The van der Waals surface area contributed by atoms with Crippen LogP contribution in [0.15, 0.2) is 23.1 Å². The van der Waals surface area contributed by atoms with E-state index < -0.39 is 26.6 Å². The van der Waals surface area contributed by atoms with Crippen molar-refractivity contribution in [3.8, 4) is 0 Å². The summed E-state index contributed by atoms with van der Waals surface area (Å²) in [7, 11) is -2.77. The molecule has 1 rings (SSSR count). The molecule has 0 aliphatic heterocycles. The van der Waals surface area contributed by atoms with E-state index in [0.29, 0.717) is 6.54 Å². The van der Waals surface area contributed by atoms with Gasteiger partial charge in [-0.15, -0.1) is 0 Å². The van der Waals surface area contributed by atoms with E-state index in [4.69, 9.17) is 0 Å². The molecule has 0 radical (unpaired) electrons. The van der Waals surface area contributed by atoms with Crippen LogP contribution in [-0.2, 0) is 10.0 Å². The number of benzene rings is 1. The van der Waals surface area contributed by atoms with Crippen LogP contribution in [0.3, 0.4) is 0 Å². The van der Waals surface area contributed by atoms with E-state index in [2.05, 4.69) is 24.1 Å². The first-order chi connectivity index (χ1) is 11.2. The van der Waals surface area contributed by atoms with Crippen LogP contribution in [-0.4, -0.2) is 51.9 Å². The van der Waals surface area contributed by atoms with Crippen LogP contribution in [0.2, 0.25) is 0 Å². The Morgan fingerprint density at radius 3 is 2.54 bits per heavy atom. The molecule has 0 aromatic heterocycles. The molecule has 0 bridgehead atoms. The fourth-order valence-corrected chi connectivity index (χ4v) is 3.22. The van der Waals surface area contributed by atoms with Gasteiger partial charge in [0, 0.05) is 18.2 Å². The second-order valence-electron chi connectivity index (χ2n) is 5.62. The standard InChI is InChI=1S/C16H26FN3O3S/c1-5-9-20(6-2)11-12(3)19-16(21)13-7-8-14(17)15(10-13)24(22,23)18-4/h7-8,10,12,18H,5-6,9,11H2,1-4H3,(H,19,21)/t12-/m0/s1. The maximum absolute atomic E-state index is 13.7. The van der Waals surface area contributed by atoms with Crippen LogP contribution in [0.1, 0.15) is 37.6 Å². The number of halogens is 1. The Hall–Kier alpha value is -1.51. The topological polar surface area (TPSA) is 78.5 Å². The first-order valence-corrected chi connectivity index (χ1v) is 9.49. The van der Waals surface area contributed by atoms with E-state index in [-0.39, 0.29) is 11.6 Å². The number of likely N-dealkylation sites (N-methyl/N-ethyl adjacent to an activating group) is 1. The smallest absolute Gasteiger partial charge is 0.251 e. The van der Waals surface area contributed by atoms with Crippen molar-refractivity contribution >= 4 is 15.9 Å². The summed E-state index contributed by atoms with van der Waals surface area (Å²) in [4.78, 5) is 14.0. The number of sulfonamides is 1. The van der Waals surface area contributed by atoms with Crippen molar-refractivity contribution in [2.45, 2.75) is 38.1 Å². The number of amides is 1. The van der Waals surface area contributed by atoms with Gasteiger partial charge >= 0.3 is 0 Å². The highest BCUT2D eigenvalue weighted by Gasteiger charge is 2.20. The molecular formula is C16H26FN3O3S. The molecule has 0 fully saturated rings. The van der Waals surface area contributed by atoms with Crippen molar-refractivity contribution in [2.75, 3.05) is 26.7 Å². The Labute approximate surface area is 143 Å². The predicted molar refractivity (Wildman–Crippen MR) is 92.0 cm³/mol. The molecule has 6 nitrogen and oxygen atoms in total. The lowest BCUT2D eigenvalue weighted by atomic mass is 10.2. The minimum Gasteiger partial charge on any atom is -0.348 e. The SMILES string of the molecule is CCCN(CC)C[C@H](C)NC(=O)c1ccc(F)c(S(=O)(=O)NC)c1. The average molecular weight is 359 g/mol. The third kappa shape index (κ3) is 5.54. The molecule has 8 heteroatoms. The lowest BCUT2D eigenvalue weighted by Gasteiger charge is -2.24. The molecule has 24 heavy (non-hydrogen) atoms. The number of hydrogen-bond acceptors (Lipinski definition) is 4. The monoisotopic (exact) mass is 359 g/mol. The normalized spacial score (nSPS) is 13.1. The van der Waals surface area contributed by atoms with Crippen LogP contribution >= 0.6 is 0 Å². The minimum atomic E-state index is -3.96. The lowest BCUT2D eigenvalue weighted by Crippen LogP contribution is -2.42. The van der Waals surface area contributed by atoms with Gasteiger partial charge in [0.25, 0.3) is 5.91 Å². The highest BCUT2D eigenvalue weighted by atomic mass is 32.2. The van der Waals surface area contributed by atoms with Gasteiger partial charge in [0.2, 0.25) is 10.0 Å². The van der Waals surface area contributed by atoms with E-state index in [0.717, 1.165) is 31.6 Å². The zero-order valence-corrected chi connectivity index (χ0v) is 15.4.